The van der Waals surface area contributed by atoms with Gasteiger partial charge in [-0.1, -0.05) is 182 Å². The third-order valence-corrected chi connectivity index (χ3v) is 12.1. The van der Waals surface area contributed by atoms with Crippen LogP contribution in [0.15, 0.2) is 224 Å². The van der Waals surface area contributed by atoms with Gasteiger partial charge >= 0.3 is 0 Å². The van der Waals surface area contributed by atoms with Crippen LogP contribution in [0, 0.1) is 0 Å². The molecule has 0 fully saturated rings. The standard InChI is InChI=1S/C56H37NS/c1-3-14-48-40(10-1)12-7-17-50(48)42-24-22-38(23-25-42)39-26-32-45(33-27-39)57(46-34-28-43(29-35-46)51-18-8-13-41-11-2-4-15-49(41)51)47-36-30-44(31-37-47)52-19-9-20-54-53-16-5-6-21-55(53)58-56(52)54/h1-37H/i26D,27D,30D,31D,32D,33D,36D,37D. The van der Waals surface area contributed by atoms with Gasteiger partial charge in [0.2, 0.25) is 0 Å². The van der Waals surface area contributed by atoms with Crippen LogP contribution in [0.25, 0.3) is 86.2 Å². The zero-order chi connectivity index (χ0) is 45.4. The second-order valence-electron chi connectivity index (χ2n) is 14.2. The monoisotopic (exact) mass is 763 g/mol. The number of hydrogen-bond acceptors (Lipinski definition) is 2. The lowest BCUT2D eigenvalue weighted by Gasteiger charge is -2.26. The highest BCUT2D eigenvalue weighted by atomic mass is 32.1. The summed E-state index contributed by atoms with van der Waals surface area (Å²) in [5.74, 6) is 0. The molecule has 272 valence electrons. The zero-order valence-corrected chi connectivity index (χ0v) is 31.9. The minimum absolute atomic E-state index is 0.107. The zero-order valence-electron chi connectivity index (χ0n) is 39.1. The molecule has 0 saturated heterocycles. The molecule has 10 aromatic carbocycles. The van der Waals surface area contributed by atoms with E-state index in [2.05, 4.69) is 24.3 Å². The van der Waals surface area contributed by atoms with E-state index in [1.807, 2.05) is 140 Å². The van der Waals surface area contributed by atoms with E-state index < -0.39 is 12.1 Å². The molecular formula is C56H37NS. The van der Waals surface area contributed by atoms with Gasteiger partial charge in [-0.2, -0.15) is 0 Å². The molecule has 0 aliphatic heterocycles. The molecule has 0 saturated carbocycles. The second-order valence-corrected chi connectivity index (χ2v) is 15.3. The first kappa shape index (κ1) is 26.6. The van der Waals surface area contributed by atoms with E-state index in [0.717, 1.165) is 64.0 Å². The Morgan fingerprint density at radius 2 is 0.759 bits per heavy atom. The number of fused-ring (bicyclic) bond motifs is 5. The first-order valence-corrected chi connectivity index (χ1v) is 20.0. The lowest BCUT2D eigenvalue weighted by Crippen LogP contribution is -2.09. The minimum atomic E-state index is -0.391. The molecular weight excluding hydrogens is 719 g/mol. The van der Waals surface area contributed by atoms with Gasteiger partial charge in [0.15, 0.2) is 0 Å². The van der Waals surface area contributed by atoms with Crippen molar-refractivity contribution in [3.63, 3.8) is 0 Å². The largest absolute Gasteiger partial charge is 0.311 e. The van der Waals surface area contributed by atoms with Crippen LogP contribution in [0.3, 0.4) is 0 Å². The molecule has 11 rings (SSSR count). The summed E-state index contributed by atoms with van der Waals surface area (Å²) in [5, 5.41) is 6.31. The molecule has 0 spiro atoms. The van der Waals surface area contributed by atoms with Gasteiger partial charge in [0.1, 0.15) is 0 Å². The molecule has 1 aromatic heterocycles. The average molecular weight is 764 g/mol. The maximum Gasteiger partial charge on any atom is 0.0645 e. The number of benzene rings is 10. The summed E-state index contributed by atoms with van der Waals surface area (Å²) in [5.41, 5.74) is 5.10. The molecule has 0 atom stereocenters. The van der Waals surface area contributed by atoms with Crippen molar-refractivity contribution in [2.24, 2.45) is 0 Å². The van der Waals surface area contributed by atoms with Gasteiger partial charge in [-0.05, 0) is 108 Å². The Morgan fingerprint density at radius 3 is 1.38 bits per heavy atom. The van der Waals surface area contributed by atoms with Crippen LogP contribution < -0.4 is 4.90 Å². The molecule has 0 aliphatic carbocycles. The quantitative estimate of drug-likeness (QED) is 0.156. The van der Waals surface area contributed by atoms with E-state index in [4.69, 9.17) is 0 Å². The van der Waals surface area contributed by atoms with Crippen LogP contribution in [0.5, 0.6) is 0 Å². The first-order valence-electron chi connectivity index (χ1n) is 23.2. The first-order chi connectivity index (χ1) is 32.1. The summed E-state index contributed by atoms with van der Waals surface area (Å²) in [4.78, 5) is 1.37. The van der Waals surface area contributed by atoms with Crippen LogP contribution in [-0.2, 0) is 0 Å². The summed E-state index contributed by atoms with van der Waals surface area (Å²) < 4.78 is 78.4. The highest BCUT2D eigenvalue weighted by molar-refractivity contribution is 7.26. The Balaban J connectivity index is 1.09. The summed E-state index contributed by atoms with van der Waals surface area (Å²) in [6, 6.07) is 54.1. The Kier molecular flexibility index (Phi) is 6.57. The fourth-order valence-corrected chi connectivity index (χ4v) is 9.21. The van der Waals surface area contributed by atoms with Crippen molar-refractivity contribution in [2.45, 2.75) is 0 Å². The van der Waals surface area contributed by atoms with Crippen molar-refractivity contribution in [1.82, 2.24) is 0 Å². The molecule has 0 bridgehead atoms. The lowest BCUT2D eigenvalue weighted by atomic mass is 9.96. The van der Waals surface area contributed by atoms with Gasteiger partial charge in [0, 0.05) is 37.2 Å². The number of anilines is 3. The van der Waals surface area contributed by atoms with Gasteiger partial charge in [-0.3, -0.25) is 0 Å². The summed E-state index contributed by atoms with van der Waals surface area (Å²) >= 11 is 1.53. The number of thiophene rings is 1. The maximum atomic E-state index is 9.66. The van der Waals surface area contributed by atoms with Crippen LogP contribution in [0.4, 0.5) is 17.1 Å². The van der Waals surface area contributed by atoms with E-state index >= 15 is 0 Å². The van der Waals surface area contributed by atoms with Crippen molar-refractivity contribution in [3.05, 3.63) is 224 Å². The SMILES string of the molecule is [2H]c1c([2H])c(N(c2ccc(-c3cccc4ccccc34)cc2)c2c([2H])c([2H])c(-c3cccc4c3sc3ccccc34)c([2H])c2[2H])c([2H])c([2H])c1-c1ccc(-c2cccc3ccccc23)cc1. The van der Waals surface area contributed by atoms with Gasteiger partial charge in [-0.25, -0.2) is 0 Å². The van der Waals surface area contributed by atoms with Crippen molar-refractivity contribution in [3.8, 4) is 44.5 Å². The Morgan fingerprint density at radius 1 is 0.310 bits per heavy atom. The van der Waals surface area contributed by atoms with Crippen LogP contribution in [0.1, 0.15) is 11.0 Å². The number of nitrogens with zero attached hydrogens (tertiary/aromatic N) is 1. The molecule has 0 radical (unpaired) electrons. The third-order valence-electron chi connectivity index (χ3n) is 10.8. The van der Waals surface area contributed by atoms with Gasteiger partial charge in [-0.15, -0.1) is 11.3 Å². The van der Waals surface area contributed by atoms with E-state index in [1.54, 1.807) is 12.1 Å². The van der Waals surface area contributed by atoms with Crippen LogP contribution >= 0.6 is 11.3 Å². The van der Waals surface area contributed by atoms with E-state index in [9.17, 15) is 11.0 Å². The van der Waals surface area contributed by atoms with E-state index in [-0.39, 0.29) is 58.8 Å². The number of rotatable bonds is 7. The highest BCUT2D eigenvalue weighted by Gasteiger charge is 2.16. The minimum Gasteiger partial charge on any atom is -0.311 e. The van der Waals surface area contributed by atoms with Crippen molar-refractivity contribution in [1.29, 1.82) is 0 Å². The molecule has 1 nitrogen and oxygen atoms in total. The summed E-state index contributed by atoms with van der Waals surface area (Å²) in [6.07, 6.45) is 0. The molecule has 0 unspecified atom stereocenters. The molecule has 0 aliphatic rings. The summed E-state index contributed by atoms with van der Waals surface area (Å²) in [7, 11) is 0. The van der Waals surface area contributed by atoms with Gasteiger partial charge in [0.05, 0.1) is 11.0 Å². The van der Waals surface area contributed by atoms with E-state index in [0.29, 0.717) is 16.8 Å². The van der Waals surface area contributed by atoms with E-state index in [1.165, 1.54) is 16.2 Å². The van der Waals surface area contributed by atoms with Crippen molar-refractivity contribution >= 4 is 70.1 Å². The molecule has 2 heteroatoms. The smallest absolute Gasteiger partial charge is 0.0645 e. The van der Waals surface area contributed by atoms with Gasteiger partial charge < -0.3 is 4.90 Å². The maximum absolute atomic E-state index is 9.66. The molecule has 0 amide bonds. The van der Waals surface area contributed by atoms with Crippen LogP contribution in [-0.4, -0.2) is 0 Å². The molecule has 58 heavy (non-hydrogen) atoms. The number of hydrogen-bond donors (Lipinski definition) is 0. The molecule has 0 N–H and O–H groups in total. The molecule has 1 heterocycles. The van der Waals surface area contributed by atoms with Crippen molar-refractivity contribution in [2.75, 3.05) is 4.90 Å². The fraction of sp³-hybridized carbons (Fsp3) is 0. The third kappa shape index (κ3) is 6.03. The van der Waals surface area contributed by atoms with Gasteiger partial charge in [0.25, 0.3) is 0 Å². The Hall–Kier alpha value is -7.26. The topological polar surface area (TPSA) is 3.24 Å². The predicted molar refractivity (Wildman–Crippen MR) is 251 cm³/mol. The highest BCUT2D eigenvalue weighted by Crippen LogP contribution is 2.42. The molecule has 11 aromatic rings. The summed E-state index contributed by atoms with van der Waals surface area (Å²) in [6.45, 7) is 0. The average Bonchev–Trinajstić information content (AvgIpc) is 3.74. The Labute approximate surface area is 353 Å². The van der Waals surface area contributed by atoms with Crippen LogP contribution in [0.2, 0.25) is 0 Å². The fourth-order valence-electron chi connectivity index (χ4n) is 7.99. The normalized spacial score (nSPS) is 13.4. The second kappa shape index (κ2) is 14.4. The predicted octanol–water partition coefficient (Wildman–Crippen LogP) is 16.5. The Bertz CT molecular complexity index is 3680. The van der Waals surface area contributed by atoms with Crippen molar-refractivity contribution < 1.29 is 11.0 Å². The lowest BCUT2D eigenvalue weighted by molar-refractivity contribution is 1.28.